The molecule has 4 aromatic rings. The molecule has 1 N–H and O–H groups in total. The molecule has 3 heterocycles. The largest absolute Gasteiger partial charge is 0.275 e. The number of fused-ring (bicyclic) bond motifs is 1. The maximum atomic E-state index is 13.9. The first-order chi connectivity index (χ1) is 10.2. The molecule has 6 nitrogen and oxygen atoms in total. The van der Waals surface area contributed by atoms with E-state index in [0.717, 1.165) is 23.9 Å². The van der Waals surface area contributed by atoms with Crippen molar-refractivity contribution in [2.75, 3.05) is 0 Å². The van der Waals surface area contributed by atoms with Crippen LogP contribution in [0.4, 0.5) is 8.78 Å². The van der Waals surface area contributed by atoms with Crippen molar-refractivity contribution in [2.45, 2.75) is 0 Å². The number of halogens is 2. The Balaban J connectivity index is 1.92. The molecule has 104 valence electrons. The van der Waals surface area contributed by atoms with Crippen LogP contribution in [-0.4, -0.2) is 30.0 Å². The number of aromatic amines is 1. The fraction of sp³-hybridized carbons (Fsp3) is 0. The molecular formula is C12H6F2N6S. The molecule has 0 saturated carbocycles. The monoisotopic (exact) mass is 304 g/mol. The predicted molar refractivity (Wildman–Crippen MR) is 71.6 cm³/mol. The molecule has 0 saturated heterocycles. The average Bonchev–Trinajstić information content (AvgIpc) is 3.15. The Morgan fingerprint density at radius 2 is 2.05 bits per heavy atom. The summed E-state index contributed by atoms with van der Waals surface area (Å²) < 4.78 is 28.6. The van der Waals surface area contributed by atoms with E-state index in [9.17, 15) is 8.78 Å². The molecule has 0 amide bonds. The van der Waals surface area contributed by atoms with Crippen LogP contribution in [0.1, 0.15) is 0 Å². The SMILES string of the molecule is Fc1ccc(F)c(-c2nnc3sc(-c4ccn[nH]4)nn23)c1. The molecule has 0 aliphatic heterocycles. The minimum Gasteiger partial charge on any atom is -0.275 e. The summed E-state index contributed by atoms with van der Waals surface area (Å²) >= 11 is 1.27. The van der Waals surface area contributed by atoms with Gasteiger partial charge in [-0.15, -0.1) is 10.2 Å². The third-order valence-electron chi connectivity index (χ3n) is 2.89. The van der Waals surface area contributed by atoms with Crippen LogP contribution < -0.4 is 0 Å². The van der Waals surface area contributed by atoms with Gasteiger partial charge in [-0.1, -0.05) is 11.3 Å². The first-order valence-corrected chi connectivity index (χ1v) is 6.71. The van der Waals surface area contributed by atoms with E-state index >= 15 is 0 Å². The molecule has 0 spiro atoms. The molecule has 4 rings (SSSR count). The van der Waals surface area contributed by atoms with E-state index in [4.69, 9.17) is 0 Å². The van der Waals surface area contributed by atoms with Gasteiger partial charge in [0.25, 0.3) is 0 Å². The molecule has 0 aliphatic rings. The Morgan fingerprint density at radius 1 is 1.14 bits per heavy atom. The summed E-state index contributed by atoms with van der Waals surface area (Å²) in [4.78, 5) is 0.485. The molecule has 0 aliphatic carbocycles. The standard InChI is InChI=1S/C12H6F2N6S/c13-6-1-2-8(14)7(5-6)10-17-18-12-20(10)19-11(21-12)9-3-4-15-16-9/h1-5H,(H,15,16). The number of nitrogens with one attached hydrogen (secondary N) is 1. The van der Waals surface area contributed by atoms with Gasteiger partial charge in [-0.05, 0) is 24.3 Å². The van der Waals surface area contributed by atoms with Crippen molar-refractivity contribution < 1.29 is 8.78 Å². The summed E-state index contributed by atoms with van der Waals surface area (Å²) in [6.07, 6.45) is 1.60. The Hall–Kier alpha value is -2.68. The second-order valence-corrected chi connectivity index (χ2v) is 5.18. The van der Waals surface area contributed by atoms with Crippen molar-refractivity contribution in [1.29, 1.82) is 0 Å². The van der Waals surface area contributed by atoms with Gasteiger partial charge in [-0.25, -0.2) is 8.78 Å². The fourth-order valence-corrected chi connectivity index (χ4v) is 2.75. The van der Waals surface area contributed by atoms with Crippen LogP contribution in [0.25, 0.3) is 27.1 Å². The molecule has 0 fully saturated rings. The van der Waals surface area contributed by atoms with Gasteiger partial charge in [0.1, 0.15) is 11.6 Å². The lowest BCUT2D eigenvalue weighted by Crippen LogP contribution is -1.94. The molecule has 0 bridgehead atoms. The summed E-state index contributed by atoms with van der Waals surface area (Å²) in [6, 6.07) is 4.93. The van der Waals surface area contributed by atoms with Gasteiger partial charge in [-0.2, -0.15) is 14.7 Å². The molecule has 0 radical (unpaired) electrons. The number of hydrogen-bond acceptors (Lipinski definition) is 5. The molecule has 0 unspecified atom stereocenters. The summed E-state index contributed by atoms with van der Waals surface area (Å²) in [7, 11) is 0. The second-order valence-electron chi connectivity index (χ2n) is 4.22. The second kappa shape index (κ2) is 4.42. The molecule has 3 aromatic heterocycles. The third kappa shape index (κ3) is 1.89. The van der Waals surface area contributed by atoms with Crippen LogP contribution in [0.3, 0.4) is 0 Å². The lowest BCUT2D eigenvalue weighted by molar-refractivity contribution is 0.601. The summed E-state index contributed by atoms with van der Waals surface area (Å²) in [5, 5.41) is 19.4. The first kappa shape index (κ1) is 12.1. The smallest absolute Gasteiger partial charge is 0.235 e. The quantitative estimate of drug-likeness (QED) is 0.617. The van der Waals surface area contributed by atoms with Crippen molar-refractivity contribution in [1.82, 2.24) is 30.0 Å². The highest BCUT2D eigenvalue weighted by Gasteiger charge is 2.18. The highest BCUT2D eigenvalue weighted by atomic mass is 32.1. The van der Waals surface area contributed by atoms with Gasteiger partial charge in [0.05, 0.1) is 11.3 Å². The molecule has 9 heteroatoms. The van der Waals surface area contributed by atoms with E-state index in [1.54, 1.807) is 12.3 Å². The van der Waals surface area contributed by atoms with Crippen molar-refractivity contribution >= 4 is 16.3 Å². The molecule has 21 heavy (non-hydrogen) atoms. The summed E-state index contributed by atoms with van der Waals surface area (Å²) in [5.41, 5.74) is 0.736. The van der Waals surface area contributed by atoms with Crippen LogP contribution >= 0.6 is 11.3 Å². The van der Waals surface area contributed by atoms with Crippen LogP contribution in [0.5, 0.6) is 0 Å². The van der Waals surface area contributed by atoms with Crippen LogP contribution in [0, 0.1) is 11.6 Å². The van der Waals surface area contributed by atoms with Gasteiger partial charge in [0.15, 0.2) is 10.8 Å². The van der Waals surface area contributed by atoms with E-state index in [2.05, 4.69) is 25.5 Å². The van der Waals surface area contributed by atoms with Crippen molar-refractivity contribution in [3.05, 3.63) is 42.1 Å². The number of hydrogen-bond donors (Lipinski definition) is 1. The first-order valence-electron chi connectivity index (χ1n) is 5.90. The number of rotatable bonds is 2. The highest BCUT2D eigenvalue weighted by Crippen LogP contribution is 2.28. The highest BCUT2D eigenvalue weighted by molar-refractivity contribution is 7.19. The molecule has 1 aromatic carbocycles. The van der Waals surface area contributed by atoms with Crippen molar-refractivity contribution in [3.63, 3.8) is 0 Å². The Kier molecular flexibility index (Phi) is 2.54. The topological polar surface area (TPSA) is 71.8 Å². The van der Waals surface area contributed by atoms with E-state index in [1.165, 1.54) is 15.9 Å². The van der Waals surface area contributed by atoms with Gasteiger partial charge in [-0.3, -0.25) is 5.10 Å². The van der Waals surface area contributed by atoms with E-state index in [1.807, 2.05) is 0 Å². The van der Waals surface area contributed by atoms with Crippen molar-refractivity contribution in [3.8, 4) is 22.1 Å². The number of nitrogens with zero attached hydrogens (tertiary/aromatic N) is 5. The third-order valence-corrected chi connectivity index (χ3v) is 3.82. The zero-order chi connectivity index (χ0) is 14.4. The summed E-state index contributed by atoms with van der Waals surface area (Å²) in [6.45, 7) is 0. The van der Waals surface area contributed by atoms with E-state index in [-0.39, 0.29) is 11.4 Å². The maximum Gasteiger partial charge on any atom is 0.235 e. The van der Waals surface area contributed by atoms with E-state index < -0.39 is 11.6 Å². The van der Waals surface area contributed by atoms with Gasteiger partial charge in [0.2, 0.25) is 4.96 Å². The van der Waals surface area contributed by atoms with Gasteiger partial charge < -0.3 is 0 Å². The molecule has 0 atom stereocenters. The minimum absolute atomic E-state index is 0.0176. The van der Waals surface area contributed by atoms with Crippen LogP contribution in [0.2, 0.25) is 0 Å². The normalized spacial score (nSPS) is 11.3. The zero-order valence-corrected chi connectivity index (χ0v) is 11.1. The number of benzene rings is 1. The Bertz CT molecular complexity index is 927. The average molecular weight is 304 g/mol. The van der Waals surface area contributed by atoms with Crippen molar-refractivity contribution in [2.24, 2.45) is 0 Å². The minimum atomic E-state index is -0.582. The zero-order valence-electron chi connectivity index (χ0n) is 10.3. The maximum absolute atomic E-state index is 13.9. The van der Waals surface area contributed by atoms with Crippen LogP contribution in [0.15, 0.2) is 30.5 Å². The van der Waals surface area contributed by atoms with Crippen LogP contribution in [-0.2, 0) is 0 Å². The summed E-state index contributed by atoms with van der Waals surface area (Å²) in [5.74, 6) is -0.974. The van der Waals surface area contributed by atoms with E-state index in [0.29, 0.717) is 9.97 Å². The number of H-pyrrole nitrogens is 1. The Morgan fingerprint density at radius 3 is 2.86 bits per heavy atom. The lowest BCUT2D eigenvalue weighted by atomic mass is 10.2. The Labute approximate surface area is 120 Å². The van der Waals surface area contributed by atoms with Gasteiger partial charge >= 0.3 is 0 Å². The predicted octanol–water partition coefficient (Wildman–Crippen LogP) is 2.52. The number of aromatic nitrogens is 6. The lowest BCUT2D eigenvalue weighted by Gasteiger charge is -1.99. The van der Waals surface area contributed by atoms with Gasteiger partial charge in [0, 0.05) is 6.20 Å². The molecular weight excluding hydrogens is 298 g/mol. The fourth-order valence-electron chi connectivity index (χ4n) is 1.94.